The number of hydrogen-bond acceptors (Lipinski definition) is 6. The minimum absolute atomic E-state index is 0.0242. The number of carbonyl (C=O) groups excluding carboxylic acids is 2. The molecule has 2 fully saturated rings. The monoisotopic (exact) mass is 744 g/mol. The fraction of sp³-hybridized carbons (Fsp3) is 0.308. The van der Waals surface area contributed by atoms with E-state index in [2.05, 4.69) is 57.1 Å². The molecule has 2 heterocycles. The highest BCUT2D eigenvalue weighted by Gasteiger charge is 2.36. The molecule has 1 saturated carbocycles. The molecule has 12 heteroatoms. The second kappa shape index (κ2) is 14.8. The number of piperidine rings is 1. The first-order valence-electron chi connectivity index (χ1n) is 17.1. The summed E-state index contributed by atoms with van der Waals surface area (Å²) >= 11 is 12.6. The molecule has 51 heavy (non-hydrogen) atoms. The fourth-order valence-corrected chi connectivity index (χ4v) is 8.75. The number of sulfonamides is 1. The highest BCUT2D eigenvalue weighted by atomic mass is 35.5. The summed E-state index contributed by atoms with van der Waals surface area (Å²) in [6.45, 7) is 0.764. The summed E-state index contributed by atoms with van der Waals surface area (Å²) in [5.74, 6) is 0.511. The van der Waals surface area contributed by atoms with E-state index in [1.165, 1.54) is 23.5 Å². The van der Waals surface area contributed by atoms with Gasteiger partial charge in [-0.25, -0.2) is 13.4 Å². The largest absolute Gasteiger partial charge is 0.469 e. The van der Waals surface area contributed by atoms with Crippen LogP contribution in [0.1, 0.15) is 82.9 Å². The quantitative estimate of drug-likeness (QED) is 0.110. The van der Waals surface area contributed by atoms with Gasteiger partial charge < -0.3 is 14.6 Å². The Kier molecular flexibility index (Phi) is 10.2. The molecule has 264 valence electrons. The molecule has 5 aromatic rings. The maximum absolute atomic E-state index is 13.8. The topological polar surface area (TPSA) is 111 Å². The Morgan fingerprint density at radius 1 is 0.863 bits per heavy atom. The van der Waals surface area contributed by atoms with E-state index in [1.54, 1.807) is 12.1 Å². The van der Waals surface area contributed by atoms with Crippen molar-refractivity contribution in [2.45, 2.75) is 54.9 Å². The van der Waals surface area contributed by atoms with Gasteiger partial charge in [0.2, 0.25) is 10.0 Å². The van der Waals surface area contributed by atoms with Crippen molar-refractivity contribution >= 4 is 56.1 Å². The normalized spacial score (nSPS) is 15.7. The molecule has 9 nitrogen and oxygen atoms in total. The predicted molar refractivity (Wildman–Crippen MR) is 198 cm³/mol. The zero-order valence-electron chi connectivity index (χ0n) is 28.1. The van der Waals surface area contributed by atoms with Crippen molar-refractivity contribution in [2.75, 3.05) is 26.7 Å². The van der Waals surface area contributed by atoms with E-state index in [0.29, 0.717) is 41.9 Å². The number of imidazole rings is 1. The van der Waals surface area contributed by atoms with Crippen LogP contribution in [0.4, 0.5) is 0 Å². The van der Waals surface area contributed by atoms with Crippen molar-refractivity contribution in [3.8, 4) is 0 Å². The smallest absolute Gasteiger partial charge is 0.307 e. The molecular weight excluding hydrogens is 707 g/mol. The van der Waals surface area contributed by atoms with Gasteiger partial charge in [0, 0.05) is 53.1 Å². The van der Waals surface area contributed by atoms with E-state index < -0.39 is 21.9 Å². The minimum Gasteiger partial charge on any atom is -0.469 e. The van der Waals surface area contributed by atoms with Gasteiger partial charge in [0.05, 0.1) is 29.5 Å². The van der Waals surface area contributed by atoms with Crippen molar-refractivity contribution in [3.63, 3.8) is 0 Å². The number of hydrogen-bond donors (Lipinski definition) is 1. The lowest BCUT2D eigenvalue weighted by Crippen LogP contribution is -2.39. The number of ether oxygens (including phenoxy) is 1. The minimum atomic E-state index is -3.85. The number of nitrogens with zero attached hydrogens (tertiary/aromatic N) is 3. The Labute approximate surface area is 307 Å². The highest BCUT2D eigenvalue weighted by molar-refractivity contribution is 7.89. The summed E-state index contributed by atoms with van der Waals surface area (Å²) in [4.78, 5) is 29.3. The standard InChI is InChI=1S/C39H38Cl2N4O5S/c1-50-36(46)17-20-42-39(47)29-3-2-4-33(23-29)51(48,49)44-21-18-32(19-22-44)45-35-24-28(11-16-34(35)43-38(45)27-5-6-27)37(25-7-12-30(40)13-8-25)26-9-14-31(41)15-10-26/h2-4,7-16,23-24,27,32,37H,5-6,17-22H2,1H3,(H,42,47). The number of carbonyl (C=O) groups is 2. The van der Waals surface area contributed by atoms with Crippen LogP contribution in [0.5, 0.6) is 0 Å². The third kappa shape index (κ3) is 7.55. The van der Waals surface area contributed by atoms with Crippen LogP contribution in [0, 0.1) is 0 Å². The number of aromatic nitrogens is 2. The molecule has 1 amide bonds. The van der Waals surface area contributed by atoms with Crippen LogP contribution >= 0.6 is 23.2 Å². The predicted octanol–water partition coefficient (Wildman–Crippen LogP) is 7.72. The summed E-state index contributed by atoms with van der Waals surface area (Å²) in [5, 5.41) is 4.00. The molecule has 1 saturated heterocycles. The summed E-state index contributed by atoms with van der Waals surface area (Å²) in [6, 6.07) is 28.5. The number of methoxy groups -OCH3 is 1. The summed E-state index contributed by atoms with van der Waals surface area (Å²) < 4.78 is 36.1. The lowest BCUT2D eigenvalue weighted by molar-refractivity contribution is -0.140. The number of nitrogens with one attached hydrogen (secondary N) is 1. The van der Waals surface area contributed by atoms with Crippen LogP contribution in [-0.2, 0) is 19.6 Å². The van der Waals surface area contributed by atoms with Gasteiger partial charge in [-0.3, -0.25) is 9.59 Å². The Morgan fingerprint density at radius 2 is 1.49 bits per heavy atom. The van der Waals surface area contributed by atoms with Crippen LogP contribution in [0.2, 0.25) is 10.0 Å². The Hall–Kier alpha value is -4.22. The number of benzene rings is 4. The summed E-state index contributed by atoms with van der Waals surface area (Å²) in [5.41, 5.74) is 5.52. The third-order valence-corrected chi connectivity index (χ3v) is 12.2. The molecule has 0 radical (unpaired) electrons. The third-order valence-electron chi connectivity index (χ3n) is 9.79. The summed E-state index contributed by atoms with van der Waals surface area (Å²) in [7, 11) is -2.57. The van der Waals surface area contributed by atoms with Crippen molar-refractivity contribution in [3.05, 3.63) is 129 Å². The average Bonchev–Trinajstić information content (AvgIpc) is 3.93. The van der Waals surface area contributed by atoms with Gasteiger partial charge in [-0.1, -0.05) is 59.6 Å². The second-order valence-electron chi connectivity index (χ2n) is 13.1. The van der Waals surface area contributed by atoms with E-state index >= 15 is 0 Å². The van der Waals surface area contributed by atoms with Gasteiger partial charge in [-0.05, 0) is 97.0 Å². The fourth-order valence-electron chi connectivity index (χ4n) is 6.98. The van der Waals surface area contributed by atoms with E-state index in [9.17, 15) is 18.0 Å². The van der Waals surface area contributed by atoms with Gasteiger partial charge in [-0.15, -0.1) is 0 Å². The van der Waals surface area contributed by atoms with Gasteiger partial charge in [0.15, 0.2) is 0 Å². The molecule has 0 unspecified atom stereocenters. The molecule has 4 aromatic carbocycles. The van der Waals surface area contributed by atoms with Crippen LogP contribution in [0.25, 0.3) is 11.0 Å². The van der Waals surface area contributed by atoms with E-state index in [4.69, 9.17) is 28.2 Å². The second-order valence-corrected chi connectivity index (χ2v) is 16.0. The molecular formula is C39H38Cl2N4O5S. The lowest BCUT2D eigenvalue weighted by atomic mass is 9.85. The molecule has 2 aliphatic rings. The van der Waals surface area contributed by atoms with Crippen molar-refractivity contribution in [1.82, 2.24) is 19.2 Å². The highest BCUT2D eigenvalue weighted by Crippen LogP contribution is 2.44. The van der Waals surface area contributed by atoms with E-state index in [0.717, 1.165) is 46.4 Å². The molecule has 0 atom stereocenters. The maximum Gasteiger partial charge on any atom is 0.307 e. The van der Waals surface area contributed by atoms with Crippen LogP contribution < -0.4 is 5.32 Å². The first kappa shape index (κ1) is 35.2. The van der Waals surface area contributed by atoms with Crippen molar-refractivity contribution in [2.24, 2.45) is 0 Å². The van der Waals surface area contributed by atoms with Crippen molar-refractivity contribution < 1.29 is 22.7 Å². The van der Waals surface area contributed by atoms with E-state index in [1.807, 2.05) is 24.3 Å². The van der Waals surface area contributed by atoms with Crippen molar-refractivity contribution in [1.29, 1.82) is 0 Å². The molecule has 0 bridgehead atoms. The number of rotatable bonds is 11. The van der Waals surface area contributed by atoms with E-state index in [-0.39, 0.29) is 35.4 Å². The molecule has 7 rings (SSSR count). The van der Waals surface area contributed by atoms with Gasteiger partial charge in [0.25, 0.3) is 5.91 Å². The van der Waals surface area contributed by atoms with Gasteiger partial charge in [0.1, 0.15) is 5.82 Å². The number of fused-ring (bicyclic) bond motifs is 1. The molecule has 1 aliphatic carbocycles. The molecule has 1 aromatic heterocycles. The zero-order valence-corrected chi connectivity index (χ0v) is 30.4. The first-order valence-corrected chi connectivity index (χ1v) is 19.3. The zero-order chi connectivity index (χ0) is 35.7. The Bertz CT molecular complexity index is 2130. The number of esters is 1. The summed E-state index contributed by atoms with van der Waals surface area (Å²) in [6.07, 6.45) is 3.46. The number of amides is 1. The average molecular weight is 746 g/mol. The molecule has 1 N–H and O–H groups in total. The Morgan fingerprint density at radius 3 is 2.10 bits per heavy atom. The van der Waals surface area contributed by atoms with Crippen LogP contribution in [0.15, 0.2) is 95.9 Å². The maximum atomic E-state index is 13.8. The Balaban J connectivity index is 1.15. The SMILES string of the molecule is COC(=O)CCNC(=O)c1cccc(S(=O)(=O)N2CCC(n3c(C4CC4)nc4ccc(C(c5ccc(Cl)cc5)c5ccc(Cl)cc5)cc43)CC2)c1. The number of halogens is 2. The van der Waals surface area contributed by atoms with Gasteiger partial charge in [-0.2, -0.15) is 4.31 Å². The molecule has 0 spiro atoms. The van der Waals surface area contributed by atoms with Crippen LogP contribution in [-0.4, -0.2) is 60.9 Å². The van der Waals surface area contributed by atoms with Gasteiger partial charge >= 0.3 is 5.97 Å². The lowest BCUT2D eigenvalue weighted by Gasteiger charge is -2.33. The molecule has 1 aliphatic heterocycles. The van der Waals surface area contributed by atoms with Crippen LogP contribution in [0.3, 0.4) is 0 Å². The first-order chi connectivity index (χ1) is 24.6.